The molecular weight excluding hydrogens is 282 g/mol. The van der Waals surface area contributed by atoms with E-state index in [-0.39, 0.29) is 18.4 Å². The number of hydrogen-bond acceptors (Lipinski definition) is 4. The summed E-state index contributed by atoms with van der Waals surface area (Å²) in [6.45, 7) is 7.93. The molecule has 0 saturated carbocycles. The number of rotatable bonds is 7. The smallest absolute Gasteiger partial charge is 0.262 e. The van der Waals surface area contributed by atoms with Gasteiger partial charge < -0.3 is 20.3 Å². The lowest BCUT2D eigenvalue weighted by Crippen LogP contribution is -2.30. The third-order valence-electron chi connectivity index (χ3n) is 3.71. The number of carbonyl (C=O) groups excluding carboxylic acids is 2. The van der Waals surface area contributed by atoms with Crippen LogP contribution in [0.25, 0.3) is 0 Å². The lowest BCUT2D eigenvalue weighted by Gasteiger charge is -2.19. The molecule has 0 spiro atoms. The molecule has 0 unspecified atom stereocenters. The second kappa shape index (κ2) is 7.79. The zero-order valence-electron chi connectivity index (χ0n) is 13.1. The van der Waals surface area contributed by atoms with Gasteiger partial charge in [-0.15, -0.1) is 0 Å². The van der Waals surface area contributed by atoms with Crippen LogP contribution in [0.5, 0.6) is 5.75 Å². The van der Waals surface area contributed by atoms with Crippen molar-refractivity contribution >= 4 is 17.5 Å². The summed E-state index contributed by atoms with van der Waals surface area (Å²) in [5.74, 6) is 0.254. The highest BCUT2D eigenvalue weighted by molar-refractivity contribution is 5.99. The van der Waals surface area contributed by atoms with Crippen molar-refractivity contribution in [1.82, 2.24) is 10.2 Å². The number of anilines is 1. The summed E-state index contributed by atoms with van der Waals surface area (Å²) >= 11 is 0. The van der Waals surface area contributed by atoms with Crippen molar-refractivity contribution in [2.75, 3.05) is 38.1 Å². The van der Waals surface area contributed by atoms with Crippen molar-refractivity contribution in [2.24, 2.45) is 0 Å². The molecule has 0 bridgehead atoms. The lowest BCUT2D eigenvalue weighted by molar-refractivity contribution is -0.118. The first-order valence-electron chi connectivity index (χ1n) is 7.71. The maximum absolute atomic E-state index is 12.1. The summed E-state index contributed by atoms with van der Waals surface area (Å²) in [5, 5.41) is 5.60. The standard InChI is InChI=1S/C16H23N3O3/c1-3-19(4-2)9-5-8-17-16(21)12-6-7-14-13(10-12)18-15(20)11-22-14/h6-7,10H,3-5,8-9,11H2,1-2H3,(H,17,21)(H,18,20). The molecule has 0 aliphatic carbocycles. The van der Waals surface area contributed by atoms with Gasteiger partial charge >= 0.3 is 0 Å². The van der Waals surface area contributed by atoms with Gasteiger partial charge in [-0.05, 0) is 44.3 Å². The van der Waals surface area contributed by atoms with Gasteiger partial charge in [-0.3, -0.25) is 9.59 Å². The molecule has 1 heterocycles. The largest absolute Gasteiger partial charge is 0.482 e. The number of fused-ring (bicyclic) bond motifs is 1. The maximum Gasteiger partial charge on any atom is 0.262 e. The van der Waals surface area contributed by atoms with Gasteiger partial charge in [0.25, 0.3) is 11.8 Å². The number of nitrogens with zero attached hydrogens (tertiary/aromatic N) is 1. The lowest BCUT2D eigenvalue weighted by atomic mass is 10.1. The van der Waals surface area contributed by atoms with Crippen LogP contribution >= 0.6 is 0 Å². The highest BCUT2D eigenvalue weighted by atomic mass is 16.5. The van der Waals surface area contributed by atoms with Crippen LogP contribution in [0.4, 0.5) is 5.69 Å². The molecule has 6 heteroatoms. The van der Waals surface area contributed by atoms with Gasteiger partial charge in [-0.2, -0.15) is 0 Å². The van der Waals surface area contributed by atoms with Gasteiger partial charge in [0.1, 0.15) is 5.75 Å². The predicted molar refractivity (Wildman–Crippen MR) is 85.3 cm³/mol. The quantitative estimate of drug-likeness (QED) is 0.749. The fourth-order valence-electron chi connectivity index (χ4n) is 2.37. The molecule has 2 N–H and O–H groups in total. The minimum absolute atomic E-state index is 0.0178. The molecule has 1 aromatic rings. The molecule has 22 heavy (non-hydrogen) atoms. The molecule has 0 saturated heterocycles. The Morgan fingerprint density at radius 2 is 2.14 bits per heavy atom. The monoisotopic (exact) mass is 305 g/mol. The first-order valence-corrected chi connectivity index (χ1v) is 7.71. The van der Waals surface area contributed by atoms with Gasteiger partial charge in [0.15, 0.2) is 6.61 Å². The van der Waals surface area contributed by atoms with Gasteiger partial charge in [-0.1, -0.05) is 13.8 Å². The first kappa shape index (κ1) is 16.3. The number of nitrogens with one attached hydrogen (secondary N) is 2. The van der Waals surface area contributed by atoms with E-state index in [4.69, 9.17) is 4.74 Å². The van der Waals surface area contributed by atoms with Crippen molar-refractivity contribution in [3.63, 3.8) is 0 Å². The predicted octanol–water partition coefficient (Wildman–Crippen LogP) is 1.48. The summed E-state index contributed by atoms with van der Waals surface area (Å²) in [4.78, 5) is 25.7. The van der Waals surface area contributed by atoms with Crippen molar-refractivity contribution in [3.8, 4) is 5.75 Å². The Balaban J connectivity index is 1.85. The second-order valence-electron chi connectivity index (χ2n) is 5.18. The molecule has 1 aliphatic rings. The maximum atomic E-state index is 12.1. The molecule has 1 aliphatic heterocycles. The van der Waals surface area contributed by atoms with Crippen LogP contribution in [-0.2, 0) is 4.79 Å². The third-order valence-corrected chi connectivity index (χ3v) is 3.71. The Hall–Kier alpha value is -2.08. The molecule has 0 aromatic heterocycles. The average Bonchev–Trinajstić information content (AvgIpc) is 2.54. The van der Waals surface area contributed by atoms with Crippen LogP contribution in [0.3, 0.4) is 0 Å². The summed E-state index contributed by atoms with van der Waals surface area (Å²) in [5.41, 5.74) is 1.07. The molecule has 6 nitrogen and oxygen atoms in total. The van der Waals surface area contributed by atoms with E-state index in [1.807, 2.05) is 0 Å². The van der Waals surface area contributed by atoms with Crippen LogP contribution in [-0.4, -0.2) is 49.5 Å². The van der Waals surface area contributed by atoms with Gasteiger partial charge in [-0.25, -0.2) is 0 Å². The SMILES string of the molecule is CCN(CC)CCCNC(=O)c1ccc2c(c1)NC(=O)CO2. The topological polar surface area (TPSA) is 70.7 Å². The van der Waals surface area contributed by atoms with Crippen molar-refractivity contribution in [1.29, 1.82) is 0 Å². The van der Waals surface area contributed by atoms with Crippen LogP contribution < -0.4 is 15.4 Å². The number of ether oxygens (including phenoxy) is 1. The van der Waals surface area contributed by atoms with Gasteiger partial charge in [0, 0.05) is 12.1 Å². The van der Waals surface area contributed by atoms with E-state index in [1.54, 1.807) is 18.2 Å². The number of benzene rings is 1. The van der Waals surface area contributed by atoms with E-state index >= 15 is 0 Å². The van der Waals surface area contributed by atoms with E-state index in [2.05, 4.69) is 29.4 Å². The van der Waals surface area contributed by atoms with Crippen molar-refractivity contribution in [3.05, 3.63) is 23.8 Å². The normalized spacial score (nSPS) is 13.3. The van der Waals surface area contributed by atoms with E-state index < -0.39 is 0 Å². The van der Waals surface area contributed by atoms with Crippen LogP contribution in [0, 0.1) is 0 Å². The van der Waals surface area contributed by atoms with E-state index in [0.29, 0.717) is 23.5 Å². The highest BCUT2D eigenvalue weighted by Gasteiger charge is 2.17. The van der Waals surface area contributed by atoms with E-state index in [0.717, 1.165) is 26.1 Å². The van der Waals surface area contributed by atoms with Crippen LogP contribution in [0.15, 0.2) is 18.2 Å². The number of carbonyl (C=O) groups is 2. The highest BCUT2D eigenvalue weighted by Crippen LogP contribution is 2.28. The summed E-state index contributed by atoms with van der Waals surface area (Å²) in [6, 6.07) is 5.06. The minimum Gasteiger partial charge on any atom is -0.482 e. The summed E-state index contributed by atoms with van der Waals surface area (Å²) in [6.07, 6.45) is 0.915. The van der Waals surface area contributed by atoms with Gasteiger partial charge in [0.2, 0.25) is 0 Å². The fourth-order valence-corrected chi connectivity index (χ4v) is 2.37. The first-order chi connectivity index (χ1) is 10.6. The van der Waals surface area contributed by atoms with E-state index in [1.165, 1.54) is 0 Å². The summed E-state index contributed by atoms with van der Waals surface area (Å²) < 4.78 is 5.27. The zero-order valence-corrected chi connectivity index (χ0v) is 13.1. The Morgan fingerprint density at radius 3 is 2.86 bits per heavy atom. The molecule has 0 radical (unpaired) electrons. The number of amides is 2. The molecule has 2 amide bonds. The van der Waals surface area contributed by atoms with Crippen LogP contribution in [0.1, 0.15) is 30.6 Å². The molecule has 0 fully saturated rings. The molecular formula is C16H23N3O3. The van der Waals surface area contributed by atoms with E-state index in [9.17, 15) is 9.59 Å². The average molecular weight is 305 g/mol. The van der Waals surface area contributed by atoms with Crippen molar-refractivity contribution in [2.45, 2.75) is 20.3 Å². The zero-order chi connectivity index (χ0) is 15.9. The Morgan fingerprint density at radius 1 is 1.36 bits per heavy atom. The minimum atomic E-state index is -0.204. The Bertz CT molecular complexity index is 541. The molecule has 120 valence electrons. The third kappa shape index (κ3) is 4.21. The van der Waals surface area contributed by atoms with Gasteiger partial charge in [0.05, 0.1) is 5.69 Å². The van der Waals surface area contributed by atoms with Crippen LogP contribution in [0.2, 0.25) is 0 Å². The summed E-state index contributed by atoms with van der Waals surface area (Å²) in [7, 11) is 0. The number of hydrogen-bond donors (Lipinski definition) is 2. The molecule has 0 atom stereocenters. The fraction of sp³-hybridized carbons (Fsp3) is 0.500. The van der Waals surface area contributed by atoms with Crippen molar-refractivity contribution < 1.29 is 14.3 Å². The Kier molecular flexibility index (Phi) is 5.77. The molecule has 1 aromatic carbocycles. The second-order valence-corrected chi connectivity index (χ2v) is 5.18. The molecule has 2 rings (SSSR count). The Labute approximate surface area is 130 Å².